The van der Waals surface area contributed by atoms with Crippen LogP contribution in [0.25, 0.3) is 78.6 Å². The quantitative estimate of drug-likeness (QED) is 0.193. The Morgan fingerprint density at radius 1 is 0.348 bits per heavy atom. The zero-order valence-corrected chi connectivity index (χ0v) is 24.8. The third-order valence-electron chi connectivity index (χ3n) is 8.00. The van der Waals surface area contributed by atoms with Gasteiger partial charge in [-0.3, -0.25) is 9.97 Å². The summed E-state index contributed by atoms with van der Waals surface area (Å²) in [6.45, 7) is 0. The number of aromatic nitrogens is 5. The molecule has 0 unspecified atom stereocenters. The zero-order chi connectivity index (χ0) is 30.7. The first-order valence-electron chi connectivity index (χ1n) is 15.2. The molecular weight excluding hydrogens is 562 g/mol. The van der Waals surface area contributed by atoms with Crippen LogP contribution in [-0.2, 0) is 0 Å². The highest BCUT2D eigenvalue weighted by atomic mass is 14.9. The molecule has 0 aliphatic carbocycles. The summed E-state index contributed by atoms with van der Waals surface area (Å²) in [6, 6.07) is 51.3. The summed E-state index contributed by atoms with van der Waals surface area (Å²) in [7, 11) is 0. The van der Waals surface area contributed by atoms with Crippen LogP contribution in [0.4, 0.5) is 0 Å². The van der Waals surface area contributed by atoms with Crippen molar-refractivity contribution in [1.29, 1.82) is 0 Å². The second-order valence-corrected chi connectivity index (χ2v) is 11.0. The van der Waals surface area contributed by atoms with Gasteiger partial charge in [-0.15, -0.1) is 0 Å². The molecule has 0 fully saturated rings. The van der Waals surface area contributed by atoms with E-state index < -0.39 is 0 Å². The van der Waals surface area contributed by atoms with E-state index in [-0.39, 0.29) is 0 Å². The Labute approximate surface area is 267 Å². The molecule has 4 aromatic carbocycles. The molecule has 0 aliphatic rings. The molecule has 5 heteroatoms. The highest BCUT2D eigenvalue weighted by Crippen LogP contribution is 2.34. The molecule has 46 heavy (non-hydrogen) atoms. The predicted octanol–water partition coefficient (Wildman–Crippen LogP) is 9.82. The van der Waals surface area contributed by atoms with Gasteiger partial charge in [0, 0.05) is 29.1 Å². The van der Waals surface area contributed by atoms with E-state index in [0.717, 1.165) is 62.0 Å². The topological polar surface area (TPSA) is 64.5 Å². The number of nitrogens with zero attached hydrogens (tertiary/aromatic N) is 5. The van der Waals surface area contributed by atoms with Crippen molar-refractivity contribution in [1.82, 2.24) is 24.9 Å². The van der Waals surface area contributed by atoms with Gasteiger partial charge in [0.05, 0.1) is 34.2 Å². The summed E-state index contributed by atoms with van der Waals surface area (Å²) in [6.07, 6.45) is 3.63. The van der Waals surface area contributed by atoms with Gasteiger partial charge in [0.2, 0.25) is 0 Å². The van der Waals surface area contributed by atoms with E-state index in [1.807, 2.05) is 79.0 Å². The van der Waals surface area contributed by atoms with Gasteiger partial charge in [0.15, 0.2) is 5.82 Å². The van der Waals surface area contributed by atoms with E-state index in [4.69, 9.17) is 19.9 Å². The van der Waals surface area contributed by atoms with Gasteiger partial charge < -0.3 is 0 Å². The molecule has 0 spiro atoms. The maximum Gasteiger partial charge on any atom is 0.161 e. The molecule has 5 nitrogen and oxygen atoms in total. The number of benzene rings is 4. The molecule has 0 aliphatic heterocycles. The van der Waals surface area contributed by atoms with Crippen molar-refractivity contribution in [3.8, 4) is 67.8 Å². The summed E-state index contributed by atoms with van der Waals surface area (Å²) in [5, 5.41) is 2.37. The Morgan fingerprint density at radius 3 is 1.63 bits per heavy atom. The molecular formula is C41H27N5. The lowest BCUT2D eigenvalue weighted by Gasteiger charge is -2.12. The number of hydrogen-bond acceptors (Lipinski definition) is 5. The van der Waals surface area contributed by atoms with E-state index in [0.29, 0.717) is 5.82 Å². The standard InChI is InChI=1S/C41H27N5/c1-3-13-29(14-4-1)37-26-38(30-15-5-2-6-16-30)46-41(45-37)31-21-22-36(43-27-31)40-25-32(24-39(44-40)35-20-9-10-23-42-35)34-19-11-17-28-12-7-8-18-33(28)34/h1-27H. The van der Waals surface area contributed by atoms with Gasteiger partial charge in [-0.05, 0) is 64.4 Å². The van der Waals surface area contributed by atoms with E-state index in [9.17, 15) is 0 Å². The maximum atomic E-state index is 5.03. The van der Waals surface area contributed by atoms with Crippen LogP contribution in [0.15, 0.2) is 164 Å². The average molecular weight is 590 g/mol. The molecule has 0 saturated heterocycles. The van der Waals surface area contributed by atoms with Gasteiger partial charge in [-0.1, -0.05) is 109 Å². The van der Waals surface area contributed by atoms with Gasteiger partial charge in [0.1, 0.15) is 0 Å². The van der Waals surface area contributed by atoms with Crippen LogP contribution in [0.1, 0.15) is 0 Å². The summed E-state index contributed by atoms with van der Waals surface area (Å²) < 4.78 is 0. The maximum absolute atomic E-state index is 5.03. The van der Waals surface area contributed by atoms with Gasteiger partial charge in [0.25, 0.3) is 0 Å². The Kier molecular flexibility index (Phi) is 7.09. The Morgan fingerprint density at radius 2 is 0.978 bits per heavy atom. The Bertz CT molecular complexity index is 2220. The minimum Gasteiger partial charge on any atom is -0.255 e. The molecule has 0 saturated carbocycles. The van der Waals surface area contributed by atoms with Crippen LogP contribution < -0.4 is 0 Å². The monoisotopic (exact) mass is 589 g/mol. The summed E-state index contributed by atoms with van der Waals surface area (Å²) >= 11 is 0. The smallest absolute Gasteiger partial charge is 0.161 e. The van der Waals surface area contributed by atoms with Crippen LogP contribution in [0.2, 0.25) is 0 Å². The van der Waals surface area contributed by atoms with Crippen molar-refractivity contribution < 1.29 is 0 Å². The van der Waals surface area contributed by atoms with Crippen molar-refractivity contribution in [2.75, 3.05) is 0 Å². The molecule has 0 radical (unpaired) electrons. The fraction of sp³-hybridized carbons (Fsp3) is 0. The highest BCUT2D eigenvalue weighted by molar-refractivity contribution is 5.97. The number of fused-ring (bicyclic) bond motifs is 1. The lowest BCUT2D eigenvalue weighted by Crippen LogP contribution is -1.97. The van der Waals surface area contributed by atoms with E-state index in [1.54, 1.807) is 6.20 Å². The lowest BCUT2D eigenvalue weighted by atomic mass is 9.97. The molecule has 0 atom stereocenters. The van der Waals surface area contributed by atoms with Gasteiger partial charge in [-0.25, -0.2) is 15.0 Å². The first-order chi connectivity index (χ1) is 22.8. The second-order valence-electron chi connectivity index (χ2n) is 11.0. The number of pyridine rings is 3. The largest absolute Gasteiger partial charge is 0.255 e. The fourth-order valence-corrected chi connectivity index (χ4v) is 5.71. The van der Waals surface area contributed by atoms with Gasteiger partial charge in [-0.2, -0.15) is 0 Å². The van der Waals surface area contributed by atoms with Crippen molar-refractivity contribution in [3.63, 3.8) is 0 Å². The van der Waals surface area contributed by atoms with Crippen molar-refractivity contribution in [2.24, 2.45) is 0 Å². The van der Waals surface area contributed by atoms with Crippen LogP contribution >= 0.6 is 0 Å². The van der Waals surface area contributed by atoms with Crippen LogP contribution in [0, 0.1) is 0 Å². The summed E-state index contributed by atoms with van der Waals surface area (Å²) in [5.41, 5.74) is 9.92. The Balaban J connectivity index is 1.23. The molecule has 0 amide bonds. The van der Waals surface area contributed by atoms with Crippen LogP contribution in [-0.4, -0.2) is 24.9 Å². The van der Waals surface area contributed by atoms with E-state index in [1.165, 1.54) is 10.8 Å². The highest BCUT2D eigenvalue weighted by Gasteiger charge is 2.14. The SMILES string of the molecule is c1ccc(-c2cc(-c3ccccc3)nc(-c3ccc(-c4cc(-c5cccc6ccccc56)cc(-c5ccccn5)n4)nc3)n2)cc1. The molecule has 4 heterocycles. The van der Waals surface area contributed by atoms with Crippen molar-refractivity contribution >= 4 is 10.8 Å². The van der Waals surface area contributed by atoms with Gasteiger partial charge >= 0.3 is 0 Å². The van der Waals surface area contributed by atoms with Crippen molar-refractivity contribution in [2.45, 2.75) is 0 Å². The third-order valence-corrected chi connectivity index (χ3v) is 8.00. The second kappa shape index (κ2) is 12.0. The third kappa shape index (κ3) is 5.42. The molecule has 8 aromatic rings. The lowest BCUT2D eigenvalue weighted by molar-refractivity contribution is 1.17. The predicted molar refractivity (Wildman–Crippen MR) is 186 cm³/mol. The summed E-state index contributed by atoms with van der Waals surface area (Å²) in [5.74, 6) is 0.617. The summed E-state index contributed by atoms with van der Waals surface area (Å²) in [4.78, 5) is 24.5. The molecule has 0 bridgehead atoms. The van der Waals surface area contributed by atoms with Crippen molar-refractivity contribution in [3.05, 3.63) is 164 Å². The Hall–Kier alpha value is -6.33. The zero-order valence-electron chi connectivity index (χ0n) is 24.8. The number of hydrogen-bond donors (Lipinski definition) is 0. The molecule has 4 aromatic heterocycles. The molecule has 0 N–H and O–H groups in total. The van der Waals surface area contributed by atoms with Crippen LogP contribution in [0.3, 0.4) is 0 Å². The first-order valence-corrected chi connectivity index (χ1v) is 15.2. The molecule has 216 valence electrons. The first kappa shape index (κ1) is 27.2. The fourth-order valence-electron chi connectivity index (χ4n) is 5.71. The average Bonchev–Trinajstić information content (AvgIpc) is 3.15. The minimum atomic E-state index is 0.617. The van der Waals surface area contributed by atoms with Crippen LogP contribution in [0.5, 0.6) is 0 Å². The minimum absolute atomic E-state index is 0.617. The van der Waals surface area contributed by atoms with E-state index in [2.05, 4.69) is 83.8 Å². The normalized spacial score (nSPS) is 11.0. The molecule has 8 rings (SSSR count). The van der Waals surface area contributed by atoms with E-state index >= 15 is 0 Å². The number of rotatable bonds is 6.